The number of nitrogens with one attached hydrogen (secondary N) is 1. The first kappa shape index (κ1) is 22.6. The Kier molecular flexibility index (Phi) is 7.19. The van der Waals surface area contributed by atoms with Crippen molar-refractivity contribution in [3.05, 3.63) is 52.8 Å². The van der Waals surface area contributed by atoms with Crippen molar-refractivity contribution in [1.82, 2.24) is 24.3 Å². The van der Waals surface area contributed by atoms with Crippen LogP contribution in [0.5, 0.6) is 0 Å². The highest BCUT2D eigenvalue weighted by Crippen LogP contribution is 2.29. The van der Waals surface area contributed by atoms with Gasteiger partial charge in [0.05, 0.1) is 5.69 Å². The van der Waals surface area contributed by atoms with Gasteiger partial charge in [-0.2, -0.15) is 0 Å². The zero-order valence-corrected chi connectivity index (χ0v) is 18.8. The summed E-state index contributed by atoms with van der Waals surface area (Å²) in [6.45, 7) is 3.46. The third kappa shape index (κ3) is 5.56. The number of nitro groups is 1. The minimum atomic E-state index is -0.426. The van der Waals surface area contributed by atoms with Crippen LogP contribution in [0.15, 0.2) is 42.7 Å². The van der Waals surface area contributed by atoms with E-state index in [0.717, 1.165) is 35.2 Å². The number of likely N-dealkylation sites (N-methyl/N-ethyl adjacent to an activating group) is 2. The van der Waals surface area contributed by atoms with Crippen LogP contribution >= 0.6 is 0 Å². The molecule has 0 amide bonds. The molecule has 0 spiro atoms. The number of rotatable bonds is 10. The van der Waals surface area contributed by atoms with Crippen LogP contribution in [-0.2, 0) is 7.05 Å². The Morgan fingerprint density at radius 2 is 1.94 bits per heavy atom. The van der Waals surface area contributed by atoms with Crippen molar-refractivity contribution >= 4 is 16.9 Å². The molecule has 2 atom stereocenters. The molecule has 2 aromatic heterocycles. The molecule has 2 heterocycles. The molecule has 1 N–H and O–H groups in total. The molecule has 0 aliphatic carbocycles. The smallest absolute Gasteiger partial charge is 0.225 e. The monoisotopic (exact) mass is 425 g/mol. The Bertz CT molecular complexity index is 1030. The fourth-order valence-electron chi connectivity index (χ4n) is 3.64. The van der Waals surface area contributed by atoms with Crippen LogP contribution < -0.4 is 5.32 Å². The zero-order valence-electron chi connectivity index (χ0n) is 18.8. The molecule has 0 saturated heterocycles. The first-order valence-electron chi connectivity index (χ1n) is 10.4. The lowest BCUT2D eigenvalue weighted by atomic mass is 10.1. The van der Waals surface area contributed by atoms with E-state index >= 15 is 0 Å². The number of para-hydroxylation sites is 1. The second-order valence-corrected chi connectivity index (χ2v) is 8.23. The quantitative estimate of drug-likeness (QED) is 0.394. The Balaban J connectivity index is 1.84. The van der Waals surface area contributed by atoms with Gasteiger partial charge in [0.2, 0.25) is 12.5 Å². The van der Waals surface area contributed by atoms with Crippen molar-refractivity contribution < 1.29 is 4.92 Å². The Morgan fingerprint density at radius 3 is 2.65 bits per heavy atom. The number of aryl methyl sites for hydroxylation is 1. The Labute approximate surface area is 182 Å². The maximum atomic E-state index is 11.3. The fourth-order valence-corrected chi connectivity index (χ4v) is 3.64. The van der Waals surface area contributed by atoms with Crippen LogP contribution in [0.3, 0.4) is 0 Å². The molecule has 0 bridgehead atoms. The van der Waals surface area contributed by atoms with Gasteiger partial charge in [0, 0.05) is 60.0 Å². The molecule has 31 heavy (non-hydrogen) atoms. The number of nitrogens with zero attached hydrogens (tertiary/aromatic N) is 6. The van der Waals surface area contributed by atoms with Gasteiger partial charge in [-0.25, -0.2) is 9.97 Å². The number of hydrogen-bond acceptors (Lipinski definition) is 7. The molecule has 1 aromatic carbocycles. The van der Waals surface area contributed by atoms with Crippen molar-refractivity contribution in [2.75, 3.05) is 46.1 Å². The van der Waals surface area contributed by atoms with E-state index in [9.17, 15) is 10.1 Å². The summed E-state index contributed by atoms with van der Waals surface area (Å²) in [6.07, 6.45) is 3.74. The first-order chi connectivity index (χ1) is 14.8. The van der Waals surface area contributed by atoms with E-state index in [4.69, 9.17) is 0 Å². The summed E-state index contributed by atoms with van der Waals surface area (Å²) in [6, 6.07) is 9.51. The highest BCUT2D eigenvalue weighted by atomic mass is 16.6. The summed E-state index contributed by atoms with van der Waals surface area (Å²) in [5, 5.41) is 15.6. The van der Waals surface area contributed by atoms with Crippen LogP contribution in [0.25, 0.3) is 22.2 Å². The van der Waals surface area contributed by atoms with Gasteiger partial charge in [0.25, 0.3) is 0 Å². The van der Waals surface area contributed by atoms with E-state index in [-0.39, 0.29) is 17.5 Å². The zero-order chi connectivity index (χ0) is 22.5. The summed E-state index contributed by atoms with van der Waals surface area (Å²) in [5.74, 6) is 0.394. The van der Waals surface area contributed by atoms with Crippen molar-refractivity contribution in [3.8, 4) is 11.3 Å². The number of fused-ring (bicyclic) bond motifs is 1. The standard InChI is InChI=1S/C22H31N7O2/c1-16(27(4)13-12-26(2)3)20(15-29(30)31)25-22-23-11-10-19(24-22)18-14-28(5)21-9-7-6-8-17(18)21/h6-11,14,16,20H,12-13,15H2,1-5H3,(H,23,24,25)/t16?,20-/m1/s1. The van der Waals surface area contributed by atoms with Crippen LogP contribution in [0, 0.1) is 10.1 Å². The van der Waals surface area contributed by atoms with Gasteiger partial charge in [-0.15, -0.1) is 0 Å². The number of anilines is 1. The average Bonchev–Trinajstić information content (AvgIpc) is 3.08. The molecular formula is C22H31N7O2. The second-order valence-electron chi connectivity index (χ2n) is 8.23. The average molecular weight is 426 g/mol. The van der Waals surface area contributed by atoms with Crippen molar-refractivity contribution in [2.24, 2.45) is 7.05 Å². The number of hydrogen-bond donors (Lipinski definition) is 1. The molecule has 0 aliphatic heterocycles. The highest BCUT2D eigenvalue weighted by molar-refractivity contribution is 5.95. The largest absolute Gasteiger partial charge is 0.350 e. The molecule has 9 nitrogen and oxygen atoms in total. The molecule has 166 valence electrons. The highest BCUT2D eigenvalue weighted by Gasteiger charge is 2.26. The maximum Gasteiger partial charge on any atom is 0.225 e. The lowest BCUT2D eigenvalue weighted by molar-refractivity contribution is -0.482. The summed E-state index contributed by atoms with van der Waals surface area (Å²) < 4.78 is 2.07. The van der Waals surface area contributed by atoms with Gasteiger partial charge in [0.15, 0.2) is 0 Å². The Hall–Kier alpha value is -3.04. The van der Waals surface area contributed by atoms with Crippen molar-refractivity contribution in [2.45, 2.75) is 19.0 Å². The van der Waals surface area contributed by atoms with E-state index in [0.29, 0.717) is 5.95 Å². The van der Waals surface area contributed by atoms with Crippen LogP contribution in [-0.4, -0.2) is 82.1 Å². The third-order valence-corrected chi connectivity index (χ3v) is 5.67. The van der Waals surface area contributed by atoms with E-state index in [1.54, 1.807) is 6.20 Å². The molecule has 1 unspecified atom stereocenters. The molecule has 0 radical (unpaired) electrons. The van der Waals surface area contributed by atoms with Gasteiger partial charge in [-0.1, -0.05) is 18.2 Å². The van der Waals surface area contributed by atoms with E-state index < -0.39 is 6.04 Å². The van der Waals surface area contributed by atoms with Crippen LogP contribution in [0.4, 0.5) is 5.95 Å². The third-order valence-electron chi connectivity index (χ3n) is 5.67. The van der Waals surface area contributed by atoms with E-state index in [1.165, 1.54) is 0 Å². The molecule has 3 rings (SSSR count). The summed E-state index contributed by atoms with van der Waals surface area (Å²) >= 11 is 0. The summed E-state index contributed by atoms with van der Waals surface area (Å²) in [5.41, 5.74) is 2.90. The lowest BCUT2D eigenvalue weighted by Crippen LogP contribution is -2.48. The van der Waals surface area contributed by atoms with Gasteiger partial charge >= 0.3 is 0 Å². The van der Waals surface area contributed by atoms with Gasteiger partial charge in [-0.3, -0.25) is 10.1 Å². The SMILES string of the molecule is CC([C@@H](C[N+](=O)[O-])Nc1nccc(-c2cn(C)c3ccccc23)n1)N(C)CCN(C)C. The number of benzene rings is 1. The van der Waals surface area contributed by atoms with Crippen LogP contribution in [0.2, 0.25) is 0 Å². The molecule has 0 saturated carbocycles. The first-order valence-corrected chi connectivity index (χ1v) is 10.4. The molecule has 9 heteroatoms. The summed E-state index contributed by atoms with van der Waals surface area (Å²) in [7, 11) is 8.01. The normalized spacial score (nSPS) is 13.6. The van der Waals surface area contributed by atoms with E-state index in [2.05, 4.69) is 41.8 Å². The molecule has 0 fully saturated rings. The molecular weight excluding hydrogens is 394 g/mol. The van der Waals surface area contributed by atoms with Crippen molar-refractivity contribution in [1.29, 1.82) is 0 Å². The van der Waals surface area contributed by atoms with Crippen molar-refractivity contribution in [3.63, 3.8) is 0 Å². The number of aromatic nitrogens is 3. The minimum Gasteiger partial charge on any atom is -0.350 e. The van der Waals surface area contributed by atoms with Gasteiger partial charge in [-0.05, 0) is 40.2 Å². The lowest BCUT2D eigenvalue weighted by Gasteiger charge is -2.31. The van der Waals surface area contributed by atoms with Crippen LogP contribution in [0.1, 0.15) is 6.92 Å². The maximum absolute atomic E-state index is 11.3. The molecule has 0 aliphatic rings. The minimum absolute atomic E-state index is 0.0739. The fraction of sp³-hybridized carbons (Fsp3) is 0.455. The predicted molar refractivity (Wildman–Crippen MR) is 124 cm³/mol. The van der Waals surface area contributed by atoms with E-state index in [1.807, 2.05) is 59.5 Å². The second kappa shape index (κ2) is 9.84. The topological polar surface area (TPSA) is 92.4 Å². The summed E-state index contributed by atoms with van der Waals surface area (Å²) in [4.78, 5) is 24.3. The Morgan fingerprint density at radius 1 is 1.19 bits per heavy atom. The molecule has 3 aromatic rings. The van der Waals surface area contributed by atoms with Gasteiger partial charge < -0.3 is 19.7 Å². The van der Waals surface area contributed by atoms with Gasteiger partial charge in [0.1, 0.15) is 6.04 Å². The predicted octanol–water partition coefficient (Wildman–Crippen LogP) is 2.57.